The Morgan fingerprint density at radius 3 is 2.80 bits per heavy atom. The molecule has 3 heteroatoms. The van der Waals surface area contributed by atoms with E-state index in [-0.39, 0.29) is 6.61 Å². The summed E-state index contributed by atoms with van der Waals surface area (Å²) in [4.78, 5) is 0. The summed E-state index contributed by atoms with van der Waals surface area (Å²) in [7, 11) is 0. The van der Waals surface area contributed by atoms with Gasteiger partial charge in [0.2, 0.25) is 0 Å². The van der Waals surface area contributed by atoms with Crippen molar-refractivity contribution in [2.24, 2.45) is 0 Å². The average molecular weight is 140 g/mol. The van der Waals surface area contributed by atoms with E-state index in [9.17, 15) is 0 Å². The standard InChI is InChI=1S/C7H8O3/c1-2-6-10-7(9)4-3-5-8/h7-9H,5H2,1H3. The minimum Gasteiger partial charge on any atom is -0.403 e. The normalized spacial score (nSPS) is 9.90. The van der Waals surface area contributed by atoms with Crippen LogP contribution in [0.1, 0.15) is 6.92 Å². The molecule has 0 spiro atoms. The molecule has 0 aliphatic heterocycles. The van der Waals surface area contributed by atoms with Gasteiger partial charge in [-0.15, -0.1) is 0 Å². The highest BCUT2D eigenvalue weighted by Gasteiger charge is 1.91. The van der Waals surface area contributed by atoms with Gasteiger partial charge in [-0.25, -0.2) is 0 Å². The second kappa shape index (κ2) is 5.97. The van der Waals surface area contributed by atoms with Gasteiger partial charge in [-0.1, -0.05) is 11.8 Å². The Morgan fingerprint density at radius 2 is 2.30 bits per heavy atom. The Hall–Kier alpha value is -1.16. The van der Waals surface area contributed by atoms with E-state index < -0.39 is 6.29 Å². The highest BCUT2D eigenvalue weighted by Crippen LogP contribution is 1.79. The summed E-state index contributed by atoms with van der Waals surface area (Å²) in [6.07, 6.45) is 0.950. The molecule has 0 amide bonds. The molecule has 0 fully saturated rings. The largest absolute Gasteiger partial charge is 0.403 e. The Balaban J connectivity index is 3.59. The van der Waals surface area contributed by atoms with Crippen LogP contribution in [0, 0.1) is 23.9 Å². The second-order valence-corrected chi connectivity index (χ2v) is 1.30. The van der Waals surface area contributed by atoms with E-state index in [0.717, 1.165) is 0 Å². The lowest BCUT2D eigenvalue weighted by molar-refractivity contribution is 0.00943. The SMILES string of the molecule is CC#COC(O)C#CCO. The maximum atomic E-state index is 8.70. The molecular weight excluding hydrogens is 132 g/mol. The first-order valence-electron chi connectivity index (χ1n) is 2.66. The molecule has 1 unspecified atom stereocenters. The Bertz CT molecular complexity index is 188. The molecule has 10 heavy (non-hydrogen) atoms. The van der Waals surface area contributed by atoms with Crippen LogP contribution in [0.15, 0.2) is 0 Å². The van der Waals surface area contributed by atoms with Gasteiger partial charge < -0.3 is 14.9 Å². The summed E-state index contributed by atoms with van der Waals surface area (Å²) in [6.45, 7) is 1.28. The minimum atomic E-state index is -1.22. The molecule has 0 aliphatic rings. The fourth-order valence-electron chi connectivity index (χ4n) is 0.277. The molecule has 0 bridgehead atoms. The van der Waals surface area contributed by atoms with Crippen molar-refractivity contribution >= 4 is 0 Å². The predicted molar refractivity (Wildman–Crippen MR) is 35.4 cm³/mol. The Labute approximate surface area is 59.6 Å². The van der Waals surface area contributed by atoms with E-state index in [0.29, 0.717) is 0 Å². The first-order valence-corrected chi connectivity index (χ1v) is 2.66. The molecule has 0 aliphatic carbocycles. The van der Waals surface area contributed by atoms with E-state index in [4.69, 9.17) is 10.2 Å². The fraction of sp³-hybridized carbons (Fsp3) is 0.429. The first-order chi connectivity index (χ1) is 4.81. The van der Waals surface area contributed by atoms with Crippen LogP contribution < -0.4 is 0 Å². The summed E-state index contributed by atoms with van der Waals surface area (Å²) >= 11 is 0. The zero-order chi connectivity index (χ0) is 7.82. The van der Waals surface area contributed by atoms with E-state index in [1.54, 1.807) is 6.92 Å². The van der Waals surface area contributed by atoms with E-state index in [1.807, 2.05) is 0 Å². The highest BCUT2D eigenvalue weighted by atomic mass is 16.6. The van der Waals surface area contributed by atoms with Crippen LogP contribution >= 0.6 is 0 Å². The van der Waals surface area contributed by atoms with Crippen LogP contribution in [0.25, 0.3) is 0 Å². The topological polar surface area (TPSA) is 49.7 Å². The molecule has 0 saturated heterocycles. The lowest BCUT2D eigenvalue weighted by Gasteiger charge is -1.95. The molecule has 0 aromatic rings. The van der Waals surface area contributed by atoms with Gasteiger partial charge in [-0.05, 0) is 5.92 Å². The van der Waals surface area contributed by atoms with E-state index >= 15 is 0 Å². The van der Waals surface area contributed by atoms with Crippen molar-refractivity contribution in [2.45, 2.75) is 13.2 Å². The van der Waals surface area contributed by atoms with Gasteiger partial charge in [0.1, 0.15) is 12.7 Å². The van der Waals surface area contributed by atoms with Crippen LogP contribution in [0.2, 0.25) is 0 Å². The molecular formula is C7H8O3. The lowest BCUT2D eigenvalue weighted by Crippen LogP contribution is -2.04. The third-order valence-electron chi connectivity index (χ3n) is 0.577. The van der Waals surface area contributed by atoms with Gasteiger partial charge in [0.25, 0.3) is 6.29 Å². The van der Waals surface area contributed by atoms with Crippen molar-refractivity contribution in [1.82, 2.24) is 0 Å². The maximum Gasteiger partial charge on any atom is 0.272 e. The number of rotatable bonds is 1. The minimum absolute atomic E-state index is 0.292. The number of aliphatic hydroxyl groups is 2. The summed E-state index contributed by atoms with van der Waals surface area (Å²) in [5.41, 5.74) is 0. The third kappa shape index (κ3) is 4.99. The molecule has 0 aromatic carbocycles. The van der Waals surface area contributed by atoms with Gasteiger partial charge >= 0.3 is 0 Å². The van der Waals surface area contributed by atoms with Gasteiger partial charge in [-0.2, -0.15) is 0 Å². The van der Waals surface area contributed by atoms with Gasteiger partial charge in [0.05, 0.1) is 0 Å². The molecule has 2 N–H and O–H groups in total. The van der Waals surface area contributed by atoms with E-state index in [1.165, 1.54) is 0 Å². The maximum absolute atomic E-state index is 8.70. The lowest BCUT2D eigenvalue weighted by atomic mass is 10.6. The van der Waals surface area contributed by atoms with Crippen LogP contribution in [0.5, 0.6) is 0 Å². The predicted octanol–water partition coefficient (Wildman–Crippen LogP) is -0.702. The van der Waals surface area contributed by atoms with Gasteiger partial charge in [0.15, 0.2) is 0 Å². The Morgan fingerprint density at radius 1 is 1.60 bits per heavy atom. The van der Waals surface area contributed by atoms with Crippen LogP contribution in [-0.2, 0) is 4.74 Å². The Kier molecular flexibility index (Phi) is 5.28. The van der Waals surface area contributed by atoms with Crippen LogP contribution in [-0.4, -0.2) is 23.1 Å². The van der Waals surface area contributed by atoms with Crippen molar-refractivity contribution < 1.29 is 14.9 Å². The third-order valence-corrected chi connectivity index (χ3v) is 0.577. The zero-order valence-corrected chi connectivity index (χ0v) is 5.59. The number of hydrogen-bond donors (Lipinski definition) is 2. The van der Waals surface area contributed by atoms with Gasteiger partial charge in [-0.3, -0.25) is 0 Å². The van der Waals surface area contributed by atoms with E-state index in [2.05, 4.69) is 28.6 Å². The molecule has 0 radical (unpaired) electrons. The first kappa shape index (κ1) is 8.84. The van der Waals surface area contributed by atoms with Crippen molar-refractivity contribution in [3.63, 3.8) is 0 Å². The summed E-state index contributed by atoms with van der Waals surface area (Å²) in [5.74, 6) is 6.83. The summed E-state index contributed by atoms with van der Waals surface area (Å²) in [6, 6.07) is 0. The van der Waals surface area contributed by atoms with Gasteiger partial charge in [0, 0.05) is 6.92 Å². The highest BCUT2D eigenvalue weighted by molar-refractivity contribution is 5.02. The average Bonchev–Trinajstić information content (AvgIpc) is 1.97. The number of ether oxygens (including phenoxy) is 1. The smallest absolute Gasteiger partial charge is 0.272 e. The number of hydrogen-bond acceptors (Lipinski definition) is 3. The number of aliphatic hydroxyl groups excluding tert-OH is 2. The molecule has 1 atom stereocenters. The monoisotopic (exact) mass is 140 g/mol. The summed E-state index contributed by atoms with van der Waals surface area (Å²) in [5, 5.41) is 16.9. The quantitative estimate of drug-likeness (QED) is 0.374. The van der Waals surface area contributed by atoms with Crippen molar-refractivity contribution in [3.05, 3.63) is 0 Å². The van der Waals surface area contributed by atoms with Crippen LogP contribution in [0.4, 0.5) is 0 Å². The van der Waals surface area contributed by atoms with Crippen molar-refractivity contribution in [2.75, 3.05) is 6.61 Å². The molecule has 0 saturated carbocycles. The van der Waals surface area contributed by atoms with Crippen LogP contribution in [0.3, 0.4) is 0 Å². The zero-order valence-electron chi connectivity index (χ0n) is 5.59. The molecule has 0 rings (SSSR count). The molecule has 54 valence electrons. The fourth-order valence-corrected chi connectivity index (χ4v) is 0.277. The molecule has 0 aromatic heterocycles. The van der Waals surface area contributed by atoms with Crippen molar-refractivity contribution in [3.8, 4) is 23.9 Å². The second-order valence-electron chi connectivity index (χ2n) is 1.30. The van der Waals surface area contributed by atoms with Crippen molar-refractivity contribution in [1.29, 1.82) is 0 Å². The summed E-state index contributed by atoms with van der Waals surface area (Å²) < 4.78 is 4.40. The molecule has 0 heterocycles. The molecule has 3 nitrogen and oxygen atoms in total.